The Labute approximate surface area is 212 Å². The molecule has 0 aliphatic carbocycles. The lowest BCUT2D eigenvalue weighted by molar-refractivity contribution is -0.134. The van der Waals surface area contributed by atoms with Gasteiger partial charge in [-0.1, -0.05) is 42.5 Å². The predicted molar refractivity (Wildman–Crippen MR) is 142 cm³/mol. The fourth-order valence-electron chi connectivity index (χ4n) is 4.46. The van der Waals surface area contributed by atoms with Gasteiger partial charge in [0.05, 0.1) is 16.6 Å². The SMILES string of the molecule is CC(=O)O.NCCCn1cc(-c2nc3c(-c4ccccc4)cccc3[nH]c2=O)c2cc3c(cc21)OCO3. The number of carbonyl (C=O) groups is 1. The maximum absolute atomic E-state index is 13.2. The number of carboxylic acid groups (broad SMARTS) is 1. The summed E-state index contributed by atoms with van der Waals surface area (Å²) in [6, 6.07) is 19.8. The number of aliphatic carboxylic acids is 1. The first-order valence-electron chi connectivity index (χ1n) is 11.9. The molecule has 0 saturated heterocycles. The highest BCUT2D eigenvalue weighted by Gasteiger charge is 2.21. The predicted octanol–water partition coefficient (Wildman–Crippen LogP) is 4.38. The number of nitrogens with two attached hydrogens (primary N) is 1. The Hall–Kier alpha value is -4.63. The smallest absolute Gasteiger partial charge is 0.300 e. The van der Waals surface area contributed by atoms with E-state index in [0.717, 1.165) is 53.0 Å². The van der Waals surface area contributed by atoms with E-state index in [1.165, 1.54) is 0 Å². The Morgan fingerprint density at radius 1 is 1.08 bits per heavy atom. The molecular weight excluding hydrogens is 472 g/mol. The summed E-state index contributed by atoms with van der Waals surface area (Å²) in [6.07, 6.45) is 2.79. The lowest BCUT2D eigenvalue weighted by Gasteiger charge is -2.08. The average molecular weight is 499 g/mol. The van der Waals surface area contributed by atoms with E-state index in [1.807, 2.05) is 66.9 Å². The highest BCUT2D eigenvalue weighted by molar-refractivity contribution is 5.99. The maximum atomic E-state index is 13.2. The number of aryl methyl sites for hydroxylation is 1. The molecule has 0 spiro atoms. The maximum Gasteiger partial charge on any atom is 0.300 e. The van der Waals surface area contributed by atoms with Gasteiger partial charge in [0.1, 0.15) is 5.69 Å². The van der Waals surface area contributed by atoms with Crippen LogP contribution in [0.5, 0.6) is 11.5 Å². The van der Waals surface area contributed by atoms with E-state index in [0.29, 0.717) is 29.3 Å². The zero-order valence-corrected chi connectivity index (χ0v) is 20.2. The average Bonchev–Trinajstić information content (AvgIpc) is 3.49. The summed E-state index contributed by atoms with van der Waals surface area (Å²) in [7, 11) is 0. The summed E-state index contributed by atoms with van der Waals surface area (Å²) in [5.41, 5.74) is 11.1. The minimum Gasteiger partial charge on any atom is -0.481 e. The summed E-state index contributed by atoms with van der Waals surface area (Å²) in [5, 5.41) is 8.31. The van der Waals surface area contributed by atoms with Crippen LogP contribution < -0.4 is 20.8 Å². The summed E-state index contributed by atoms with van der Waals surface area (Å²) in [6.45, 7) is 2.58. The number of hydrogen-bond acceptors (Lipinski definition) is 6. The molecule has 9 nitrogen and oxygen atoms in total. The van der Waals surface area contributed by atoms with Gasteiger partial charge >= 0.3 is 0 Å². The van der Waals surface area contributed by atoms with Gasteiger partial charge in [-0.2, -0.15) is 0 Å². The molecule has 3 heterocycles. The molecule has 0 atom stereocenters. The number of aromatic nitrogens is 3. The van der Waals surface area contributed by atoms with Gasteiger partial charge in [-0.05, 0) is 30.7 Å². The third kappa shape index (κ3) is 4.76. The van der Waals surface area contributed by atoms with Crippen LogP contribution in [0.1, 0.15) is 13.3 Å². The lowest BCUT2D eigenvalue weighted by Crippen LogP contribution is -2.11. The Kier molecular flexibility index (Phi) is 6.61. The second-order valence-electron chi connectivity index (χ2n) is 8.60. The molecule has 0 amide bonds. The van der Waals surface area contributed by atoms with Crippen molar-refractivity contribution >= 4 is 27.9 Å². The molecule has 9 heteroatoms. The van der Waals surface area contributed by atoms with E-state index in [-0.39, 0.29) is 12.4 Å². The number of nitrogens with zero attached hydrogens (tertiary/aromatic N) is 2. The Morgan fingerprint density at radius 2 is 1.81 bits per heavy atom. The number of rotatable bonds is 5. The zero-order chi connectivity index (χ0) is 25.9. The number of fused-ring (bicyclic) bond motifs is 3. The van der Waals surface area contributed by atoms with Crippen LogP contribution in [0.4, 0.5) is 0 Å². The van der Waals surface area contributed by atoms with Crippen molar-refractivity contribution in [1.29, 1.82) is 0 Å². The quantitative estimate of drug-likeness (QED) is 0.328. The molecule has 0 fully saturated rings. The Balaban J connectivity index is 0.000000655. The van der Waals surface area contributed by atoms with Gasteiger partial charge in [-0.15, -0.1) is 0 Å². The molecule has 2 aromatic heterocycles. The normalized spacial score (nSPS) is 11.9. The number of para-hydroxylation sites is 1. The number of benzene rings is 3. The highest BCUT2D eigenvalue weighted by atomic mass is 16.7. The van der Waals surface area contributed by atoms with Crippen LogP contribution in [0.15, 0.2) is 71.7 Å². The van der Waals surface area contributed by atoms with Crippen LogP contribution in [-0.4, -0.2) is 38.9 Å². The van der Waals surface area contributed by atoms with Gasteiger partial charge in [-0.25, -0.2) is 4.98 Å². The summed E-state index contributed by atoms with van der Waals surface area (Å²) in [5.74, 6) is 0.537. The molecule has 0 unspecified atom stereocenters. The topological polar surface area (TPSA) is 132 Å². The van der Waals surface area contributed by atoms with Gasteiger partial charge in [0.25, 0.3) is 11.5 Å². The van der Waals surface area contributed by atoms with Crippen LogP contribution in [0.25, 0.3) is 44.3 Å². The molecule has 0 bridgehead atoms. The minimum absolute atomic E-state index is 0.190. The molecule has 3 aromatic carbocycles. The number of H-pyrrole nitrogens is 1. The van der Waals surface area contributed by atoms with Crippen molar-refractivity contribution in [3.63, 3.8) is 0 Å². The number of hydrogen-bond donors (Lipinski definition) is 3. The van der Waals surface area contributed by atoms with Gasteiger partial charge < -0.3 is 29.9 Å². The van der Waals surface area contributed by atoms with Crippen molar-refractivity contribution in [2.75, 3.05) is 13.3 Å². The van der Waals surface area contributed by atoms with Crippen LogP contribution in [0, 0.1) is 0 Å². The number of ether oxygens (including phenoxy) is 2. The lowest BCUT2D eigenvalue weighted by atomic mass is 10.0. The molecule has 1 aliphatic heterocycles. The minimum atomic E-state index is -0.833. The van der Waals surface area contributed by atoms with E-state index in [9.17, 15) is 4.79 Å². The Morgan fingerprint density at radius 3 is 2.54 bits per heavy atom. The summed E-state index contributed by atoms with van der Waals surface area (Å²) >= 11 is 0. The van der Waals surface area contributed by atoms with E-state index >= 15 is 0 Å². The number of nitrogens with one attached hydrogen (secondary N) is 1. The van der Waals surface area contributed by atoms with E-state index < -0.39 is 5.97 Å². The fraction of sp³-hybridized carbons (Fsp3) is 0.179. The second kappa shape index (κ2) is 10.2. The number of aromatic amines is 1. The first-order valence-corrected chi connectivity index (χ1v) is 11.9. The summed E-state index contributed by atoms with van der Waals surface area (Å²) in [4.78, 5) is 30.1. The highest BCUT2D eigenvalue weighted by Crippen LogP contribution is 2.40. The summed E-state index contributed by atoms with van der Waals surface area (Å²) < 4.78 is 13.3. The van der Waals surface area contributed by atoms with E-state index in [2.05, 4.69) is 9.55 Å². The van der Waals surface area contributed by atoms with Crippen molar-refractivity contribution < 1.29 is 19.4 Å². The third-order valence-corrected chi connectivity index (χ3v) is 6.04. The zero-order valence-electron chi connectivity index (χ0n) is 20.2. The molecule has 188 valence electrons. The van der Waals surface area contributed by atoms with Crippen LogP contribution >= 0.6 is 0 Å². The number of carboxylic acids is 1. The van der Waals surface area contributed by atoms with Gasteiger partial charge in [0, 0.05) is 42.2 Å². The van der Waals surface area contributed by atoms with Crippen LogP contribution in [-0.2, 0) is 11.3 Å². The molecular formula is C28H26N4O5. The van der Waals surface area contributed by atoms with Crippen molar-refractivity contribution in [2.45, 2.75) is 19.9 Å². The largest absolute Gasteiger partial charge is 0.481 e. The van der Waals surface area contributed by atoms with E-state index in [1.54, 1.807) is 0 Å². The molecule has 0 saturated carbocycles. The Bertz CT molecular complexity index is 1650. The second-order valence-corrected chi connectivity index (χ2v) is 8.60. The molecule has 4 N–H and O–H groups in total. The molecule has 1 aliphatic rings. The standard InChI is InChI=1S/C26H22N4O3.C2H4O2/c27-10-5-11-30-14-19(18-12-22-23(13-21(18)30)33-15-32-22)25-26(31)28-20-9-4-8-17(24(20)29-25)16-6-2-1-3-7-16;1-2(3)4/h1-4,6-9,12-14H,5,10-11,15,27H2,(H,28,31);1H3,(H,3,4). The van der Waals surface area contributed by atoms with Crippen molar-refractivity contribution in [3.8, 4) is 33.9 Å². The molecule has 6 rings (SSSR count). The monoisotopic (exact) mass is 498 g/mol. The van der Waals surface area contributed by atoms with Gasteiger partial charge in [0.2, 0.25) is 6.79 Å². The first kappa shape index (κ1) is 24.1. The van der Waals surface area contributed by atoms with Gasteiger partial charge in [0.15, 0.2) is 11.5 Å². The third-order valence-electron chi connectivity index (χ3n) is 6.04. The fourth-order valence-corrected chi connectivity index (χ4v) is 4.46. The molecule has 37 heavy (non-hydrogen) atoms. The van der Waals surface area contributed by atoms with Gasteiger partial charge in [-0.3, -0.25) is 9.59 Å². The van der Waals surface area contributed by atoms with Crippen molar-refractivity contribution in [2.24, 2.45) is 5.73 Å². The van der Waals surface area contributed by atoms with E-state index in [4.69, 9.17) is 30.1 Å². The van der Waals surface area contributed by atoms with Crippen molar-refractivity contribution in [3.05, 3.63) is 77.2 Å². The first-order chi connectivity index (χ1) is 18.0. The van der Waals surface area contributed by atoms with Crippen molar-refractivity contribution in [1.82, 2.24) is 14.5 Å². The van der Waals surface area contributed by atoms with Crippen LogP contribution in [0.3, 0.4) is 0 Å². The van der Waals surface area contributed by atoms with Crippen LogP contribution in [0.2, 0.25) is 0 Å². The molecule has 5 aromatic rings. The molecule has 0 radical (unpaired) electrons.